The van der Waals surface area contributed by atoms with Crippen molar-refractivity contribution in [1.82, 2.24) is 9.96 Å². The molecule has 0 aromatic heterocycles. The summed E-state index contributed by atoms with van der Waals surface area (Å²) < 4.78 is 204. The first-order valence-electron chi connectivity index (χ1n) is 23.1. The Morgan fingerprint density at radius 1 is 0.270 bits per heavy atom. The number of benzene rings is 6. The van der Waals surface area contributed by atoms with Gasteiger partial charge < -0.3 is 9.96 Å². The molecule has 0 unspecified atom stereocenters. The molecule has 0 atom stereocenters. The summed E-state index contributed by atoms with van der Waals surface area (Å²) in [5.41, 5.74) is -0.237. The molecule has 2 N–H and O–H groups in total. The molecular weight excluding hydrogens is 1130 g/mol. The van der Waals surface area contributed by atoms with Gasteiger partial charge >= 0.3 is 10.1 Å². The molecule has 0 saturated heterocycles. The fourth-order valence-corrected chi connectivity index (χ4v) is 165. The largest absolute Gasteiger partial charge is 0.490 e. The van der Waals surface area contributed by atoms with E-state index in [1.165, 1.54) is 114 Å². The summed E-state index contributed by atoms with van der Waals surface area (Å²) in [6, 6.07) is 28.8. The molecule has 0 bridgehead atoms. The molecule has 0 amide bonds. The molecule has 6 aromatic carbocycles. The Hall–Kier alpha value is -4.51. The Morgan fingerprint density at radius 3 is 0.500 bits per heavy atom. The summed E-state index contributed by atoms with van der Waals surface area (Å²) in [5.74, 6) is 0. The zero-order valence-electron chi connectivity index (χ0n) is 43.2. The summed E-state index contributed by atoms with van der Waals surface area (Å²) in [7, 11) is -45.8. The van der Waals surface area contributed by atoms with Crippen LogP contribution in [0.1, 0.15) is 74.9 Å². The quantitative estimate of drug-likeness (QED) is 0.0892. The minimum absolute atomic E-state index is 0.500. The van der Waals surface area contributed by atoms with Crippen LogP contribution in [0.5, 0.6) is 0 Å². The second-order valence-corrected chi connectivity index (χ2v) is 79.0. The molecule has 6 aromatic rings. The van der Waals surface area contributed by atoms with Gasteiger partial charge in [0, 0.05) is 11.1 Å². The molecule has 0 fully saturated rings. The van der Waals surface area contributed by atoms with E-state index < -0.39 is 121 Å². The Bertz CT molecular complexity index is 3220. The zero-order valence-corrected chi connectivity index (χ0v) is 52.1. The second-order valence-electron chi connectivity index (χ2n) is 20.5. The highest BCUT2D eigenvalue weighted by molar-refractivity contribution is 8.82. The van der Waals surface area contributed by atoms with Crippen LogP contribution >= 0.6 is 0 Å². The number of rotatable bonds is 16. The molecule has 0 aliphatic heterocycles. The maximum absolute atomic E-state index is 17.0. The third-order valence-corrected chi connectivity index (χ3v) is 121. The molecular formula is C50H62N2O12S6Si4. The van der Waals surface area contributed by atoms with Gasteiger partial charge in [0.1, 0.15) is 0 Å². The van der Waals surface area contributed by atoms with Crippen molar-refractivity contribution < 1.29 is 50.5 Å². The normalized spacial score (nSPS) is 14.0. The fraction of sp³-hybridized carbons (Fsp3) is 0.280. The SMILES string of the molecule is Cc1ccc(S(=O)(=O)[Si](/[Si](NC(C)(C)C)=[Si](\NC(C)(C)C)[Si](S(=O)(=O)c2ccc(C)cc2)(S(=O)(=O)c2ccc(C)cc2)S(=O)(=O)c2ccc(C)cc2)(S(=O)(=O)c2ccc(C)cc2)S(=O)(=O)c2ccc(C)cc2)cc1. The number of hydrogen-bond acceptors (Lipinski definition) is 14. The van der Waals surface area contributed by atoms with Gasteiger partial charge in [-0.3, -0.25) is 0 Å². The highest BCUT2D eigenvalue weighted by Gasteiger charge is 2.81. The third kappa shape index (κ3) is 10.1. The molecule has 0 aliphatic rings. The van der Waals surface area contributed by atoms with Gasteiger partial charge in [0.25, 0.3) is 0 Å². The van der Waals surface area contributed by atoms with Gasteiger partial charge in [-0.1, -0.05) is 106 Å². The van der Waals surface area contributed by atoms with Crippen LogP contribution < -0.4 is 9.96 Å². The van der Waals surface area contributed by atoms with Crippen molar-refractivity contribution in [3.63, 3.8) is 0 Å². The molecule has 74 heavy (non-hydrogen) atoms. The van der Waals surface area contributed by atoms with E-state index in [0.29, 0.717) is 33.4 Å². The monoisotopic (exact) mass is 1190 g/mol. The summed E-state index contributed by atoms with van der Waals surface area (Å²) in [6.07, 6.45) is 0. The van der Waals surface area contributed by atoms with Gasteiger partial charge in [0.05, 0.1) is 29.4 Å². The molecule has 14 nitrogen and oxygen atoms in total. The third-order valence-electron chi connectivity index (χ3n) is 12.0. The van der Waals surface area contributed by atoms with Crippen molar-refractivity contribution in [3.05, 3.63) is 179 Å². The zero-order chi connectivity index (χ0) is 55.5. The smallest absolute Gasteiger partial charge is 0.418 e. The number of aryl methyl sites for hydroxylation is 6. The van der Waals surface area contributed by atoms with Crippen molar-refractivity contribution in [1.29, 1.82) is 0 Å². The average molecular weight is 1190 g/mol. The maximum atomic E-state index is 17.0. The van der Waals surface area contributed by atoms with Crippen LogP contribution in [0.2, 0.25) is 0 Å². The first kappa shape index (κ1) is 58.7. The lowest BCUT2D eigenvalue weighted by Crippen LogP contribution is -2.82. The van der Waals surface area contributed by atoms with E-state index in [1.54, 1.807) is 41.5 Å². The van der Waals surface area contributed by atoms with Gasteiger partial charge in [-0.2, -0.15) is 0 Å². The van der Waals surface area contributed by atoms with Crippen molar-refractivity contribution in [2.45, 2.75) is 124 Å². The van der Waals surface area contributed by atoms with Crippen molar-refractivity contribution in [3.8, 4) is 0 Å². The van der Waals surface area contributed by atoms with Crippen molar-refractivity contribution in [2.24, 2.45) is 0 Å². The highest BCUT2D eigenvalue weighted by Crippen LogP contribution is 2.45. The van der Waals surface area contributed by atoms with E-state index in [9.17, 15) is 0 Å². The molecule has 0 aliphatic carbocycles. The first-order valence-corrected chi connectivity index (χ1v) is 46.4. The molecule has 6 rings (SSSR count). The highest BCUT2D eigenvalue weighted by atomic mass is 32.8. The molecule has 0 spiro atoms. The van der Waals surface area contributed by atoms with E-state index in [2.05, 4.69) is 9.96 Å². The predicted octanol–water partition coefficient (Wildman–Crippen LogP) is 7.55. The summed E-state index contributed by atoms with van der Waals surface area (Å²) >= 11 is 0. The second kappa shape index (κ2) is 20.5. The van der Waals surface area contributed by atoms with E-state index in [0.717, 1.165) is 72.8 Å². The van der Waals surface area contributed by atoms with Crippen LogP contribution in [0.25, 0.3) is 0 Å². The van der Waals surface area contributed by atoms with E-state index in [4.69, 9.17) is 0 Å². The van der Waals surface area contributed by atoms with Crippen molar-refractivity contribution in [2.75, 3.05) is 0 Å². The molecule has 396 valence electrons. The van der Waals surface area contributed by atoms with Gasteiger partial charge in [-0.05, 0) is 156 Å². The lowest BCUT2D eigenvalue weighted by molar-refractivity contribution is 0.518. The number of hydrogen-bond donors (Lipinski definition) is 2. The summed E-state index contributed by atoms with van der Waals surface area (Å²) in [6.45, 7) is 18.5. The molecule has 0 heterocycles. The Labute approximate surface area is 440 Å². The average Bonchev–Trinajstić information content (AvgIpc) is 3.28. The topological polar surface area (TPSA) is 229 Å². The van der Waals surface area contributed by atoms with Gasteiger partial charge in [-0.25, -0.2) is 50.5 Å². The summed E-state index contributed by atoms with van der Waals surface area (Å²) in [4.78, 5) is 1.56. The van der Waals surface area contributed by atoms with Crippen LogP contribution in [0.4, 0.5) is 0 Å². The maximum Gasteiger partial charge on any atom is 0.490 e. The Kier molecular flexibility index (Phi) is 16.2. The Balaban J connectivity index is 2.23. The van der Waals surface area contributed by atoms with E-state index in [-0.39, 0.29) is 0 Å². The summed E-state index contributed by atoms with van der Waals surface area (Å²) in [5, 5.41) is -14.4. The standard InChI is InChI=1S/C50H62N2O12S6Si4/c1-37-13-25-43(26-14-37)65(53,54)73(66(55,56)44-27-15-38(2)16-28-44,67(57,58)45-29-17-39(3)18-30-45)71(51-49(7,8)9)72(52-50(10,11)12)74(68(59,60)46-31-19-40(4)20-32-46,69(61,62)47-33-21-41(5)22-34-47)70(63,64)48-35-23-42(6)24-36-48/h13-36,51-52H,1-12H3/b72-71+. The van der Waals surface area contributed by atoms with E-state index >= 15 is 50.5 Å². The first-order chi connectivity index (χ1) is 33.9. The van der Waals surface area contributed by atoms with Crippen LogP contribution in [0, 0.1) is 41.5 Å². The lowest BCUT2D eigenvalue weighted by atomic mass is 10.1. The predicted molar refractivity (Wildman–Crippen MR) is 299 cm³/mol. The molecule has 24 heteroatoms. The van der Waals surface area contributed by atoms with Crippen LogP contribution in [0.3, 0.4) is 0 Å². The molecule has 0 radical (unpaired) electrons. The van der Waals surface area contributed by atoms with Gasteiger partial charge in [0.2, 0.25) is 0 Å². The van der Waals surface area contributed by atoms with E-state index in [1.807, 2.05) is 0 Å². The van der Waals surface area contributed by atoms with Crippen LogP contribution in [0.15, 0.2) is 175 Å². The van der Waals surface area contributed by atoms with Gasteiger partial charge in [0.15, 0.2) is 70.9 Å². The van der Waals surface area contributed by atoms with Gasteiger partial charge in [-0.15, -0.1) is 0 Å². The Morgan fingerprint density at radius 2 is 0.392 bits per heavy atom. The number of nitrogens with one attached hydrogen (secondary N) is 2. The van der Waals surface area contributed by atoms with Crippen LogP contribution in [-0.4, -0.2) is 86.8 Å². The minimum atomic E-state index is -7.20. The minimum Gasteiger partial charge on any atom is -0.418 e. The van der Waals surface area contributed by atoms with Crippen molar-refractivity contribution >= 4 is 80.9 Å². The van der Waals surface area contributed by atoms with Crippen LogP contribution in [-0.2, 0) is 55.7 Å². The fourth-order valence-electron chi connectivity index (χ4n) is 8.24. The molecule has 0 saturated carbocycles. The lowest BCUT2D eigenvalue weighted by Gasteiger charge is -2.41.